The SMILES string of the molecule is CCC(C)NCC(C)Sc1ccncn1. The Labute approximate surface area is 96.1 Å². The van der Waals surface area contributed by atoms with Crippen LogP contribution in [0.3, 0.4) is 0 Å². The van der Waals surface area contributed by atoms with Crippen molar-refractivity contribution in [2.45, 2.75) is 43.5 Å². The minimum absolute atomic E-state index is 0.536. The van der Waals surface area contributed by atoms with Crippen LogP contribution in [-0.4, -0.2) is 27.8 Å². The van der Waals surface area contributed by atoms with Gasteiger partial charge in [0.1, 0.15) is 6.33 Å². The summed E-state index contributed by atoms with van der Waals surface area (Å²) >= 11 is 1.78. The fourth-order valence-electron chi connectivity index (χ4n) is 1.11. The summed E-state index contributed by atoms with van der Waals surface area (Å²) in [6.45, 7) is 7.63. The number of hydrogen-bond donors (Lipinski definition) is 1. The zero-order chi connectivity index (χ0) is 11.1. The van der Waals surface area contributed by atoms with Crippen molar-refractivity contribution in [3.05, 3.63) is 18.6 Å². The van der Waals surface area contributed by atoms with E-state index >= 15 is 0 Å². The minimum Gasteiger partial charge on any atom is -0.313 e. The zero-order valence-corrected chi connectivity index (χ0v) is 10.4. The van der Waals surface area contributed by atoms with Crippen LogP contribution in [0.25, 0.3) is 0 Å². The van der Waals surface area contributed by atoms with Gasteiger partial charge in [-0.25, -0.2) is 9.97 Å². The minimum atomic E-state index is 0.536. The van der Waals surface area contributed by atoms with Gasteiger partial charge in [0, 0.05) is 24.0 Å². The Morgan fingerprint density at radius 1 is 1.47 bits per heavy atom. The van der Waals surface area contributed by atoms with Gasteiger partial charge in [0.15, 0.2) is 0 Å². The monoisotopic (exact) mass is 225 g/mol. The Kier molecular flexibility index (Phi) is 5.65. The molecule has 1 aromatic rings. The summed E-state index contributed by atoms with van der Waals surface area (Å²) in [6.07, 6.45) is 4.55. The predicted molar refractivity (Wildman–Crippen MR) is 65.1 cm³/mol. The molecule has 2 atom stereocenters. The fourth-order valence-corrected chi connectivity index (χ4v) is 1.95. The van der Waals surface area contributed by atoms with E-state index in [9.17, 15) is 0 Å². The molecule has 0 aliphatic heterocycles. The molecule has 0 bridgehead atoms. The van der Waals surface area contributed by atoms with Gasteiger partial charge in [-0.3, -0.25) is 0 Å². The third-order valence-electron chi connectivity index (χ3n) is 2.24. The Morgan fingerprint density at radius 3 is 2.87 bits per heavy atom. The van der Waals surface area contributed by atoms with Crippen LogP contribution in [-0.2, 0) is 0 Å². The lowest BCUT2D eigenvalue weighted by molar-refractivity contribution is 0.536. The molecule has 15 heavy (non-hydrogen) atoms. The number of nitrogens with zero attached hydrogens (tertiary/aromatic N) is 2. The van der Waals surface area contributed by atoms with E-state index in [4.69, 9.17) is 0 Å². The highest BCUT2D eigenvalue weighted by Gasteiger charge is 2.06. The molecule has 0 spiro atoms. The second-order valence-electron chi connectivity index (χ2n) is 3.69. The van der Waals surface area contributed by atoms with Gasteiger partial charge in [0.25, 0.3) is 0 Å². The number of aromatic nitrogens is 2. The van der Waals surface area contributed by atoms with Gasteiger partial charge in [-0.1, -0.05) is 13.8 Å². The van der Waals surface area contributed by atoms with E-state index in [-0.39, 0.29) is 0 Å². The smallest absolute Gasteiger partial charge is 0.116 e. The Morgan fingerprint density at radius 2 is 2.27 bits per heavy atom. The van der Waals surface area contributed by atoms with Crippen LogP contribution >= 0.6 is 11.8 Å². The molecule has 1 N–H and O–H groups in total. The van der Waals surface area contributed by atoms with Gasteiger partial charge in [-0.2, -0.15) is 0 Å². The van der Waals surface area contributed by atoms with Gasteiger partial charge in [-0.05, 0) is 19.4 Å². The van der Waals surface area contributed by atoms with Crippen molar-refractivity contribution >= 4 is 11.8 Å². The maximum atomic E-state index is 4.19. The summed E-state index contributed by atoms with van der Waals surface area (Å²) < 4.78 is 0. The van der Waals surface area contributed by atoms with Crippen molar-refractivity contribution in [1.29, 1.82) is 0 Å². The maximum Gasteiger partial charge on any atom is 0.116 e. The standard InChI is InChI=1S/C11H19N3S/c1-4-9(2)13-7-10(3)15-11-5-6-12-8-14-11/h5-6,8-10,13H,4,7H2,1-3H3. The third-order valence-corrected chi connectivity index (χ3v) is 3.29. The Bertz CT molecular complexity index is 266. The van der Waals surface area contributed by atoms with E-state index in [1.165, 1.54) is 6.42 Å². The van der Waals surface area contributed by atoms with E-state index in [1.807, 2.05) is 6.07 Å². The molecular weight excluding hydrogens is 206 g/mol. The highest BCUT2D eigenvalue weighted by atomic mass is 32.2. The summed E-state index contributed by atoms with van der Waals surface area (Å²) in [5.41, 5.74) is 0. The molecule has 0 amide bonds. The molecule has 0 aliphatic rings. The van der Waals surface area contributed by atoms with Crippen LogP contribution in [0.4, 0.5) is 0 Å². The number of hydrogen-bond acceptors (Lipinski definition) is 4. The van der Waals surface area contributed by atoms with Gasteiger partial charge in [0.05, 0.1) is 5.03 Å². The largest absolute Gasteiger partial charge is 0.313 e. The van der Waals surface area contributed by atoms with E-state index in [1.54, 1.807) is 24.3 Å². The first-order chi connectivity index (χ1) is 7.22. The van der Waals surface area contributed by atoms with Crippen LogP contribution in [0.15, 0.2) is 23.6 Å². The first-order valence-corrected chi connectivity index (χ1v) is 6.26. The lowest BCUT2D eigenvalue weighted by Crippen LogP contribution is -2.30. The molecule has 1 aromatic heterocycles. The highest BCUT2D eigenvalue weighted by Crippen LogP contribution is 2.19. The molecular formula is C11H19N3S. The topological polar surface area (TPSA) is 37.8 Å². The van der Waals surface area contributed by atoms with Crippen molar-refractivity contribution in [2.75, 3.05) is 6.54 Å². The summed E-state index contributed by atoms with van der Waals surface area (Å²) in [5, 5.41) is 5.07. The average molecular weight is 225 g/mol. The highest BCUT2D eigenvalue weighted by molar-refractivity contribution is 7.99. The van der Waals surface area contributed by atoms with Crippen molar-refractivity contribution in [3.8, 4) is 0 Å². The van der Waals surface area contributed by atoms with Crippen molar-refractivity contribution in [1.82, 2.24) is 15.3 Å². The predicted octanol–water partition coefficient (Wildman–Crippen LogP) is 2.35. The fraction of sp³-hybridized carbons (Fsp3) is 0.636. The van der Waals surface area contributed by atoms with Crippen LogP contribution < -0.4 is 5.32 Å². The molecule has 3 nitrogen and oxygen atoms in total. The van der Waals surface area contributed by atoms with E-state index < -0.39 is 0 Å². The van der Waals surface area contributed by atoms with Crippen LogP contribution in [0.1, 0.15) is 27.2 Å². The summed E-state index contributed by atoms with van der Waals surface area (Å²) in [7, 11) is 0. The summed E-state index contributed by atoms with van der Waals surface area (Å²) in [4.78, 5) is 8.09. The van der Waals surface area contributed by atoms with Crippen molar-refractivity contribution in [3.63, 3.8) is 0 Å². The second kappa shape index (κ2) is 6.80. The average Bonchev–Trinajstić information content (AvgIpc) is 2.27. The van der Waals surface area contributed by atoms with Gasteiger partial charge >= 0.3 is 0 Å². The summed E-state index contributed by atoms with van der Waals surface area (Å²) in [5.74, 6) is 0. The molecule has 0 saturated carbocycles. The Balaban J connectivity index is 2.27. The lowest BCUT2D eigenvalue weighted by Gasteiger charge is -2.15. The van der Waals surface area contributed by atoms with Crippen molar-refractivity contribution < 1.29 is 0 Å². The molecule has 0 aliphatic carbocycles. The number of nitrogens with one attached hydrogen (secondary N) is 1. The second-order valence-corrected chi connectivity index (χ2v) is 5.15. The summed E-state index contributed by atoms with van der Waals surface area (Å²) in [6, 6.07) is 2.54. The zero-order valence-electron chi connectivity index (χ0n) is 9.60. The first kappa shape index (κ1) is 12.5. The van der Waals surface area contributed by atoms with Crippen molar-refractivity contribution in [2.24, 2.45) is 0 Å². The van der Waals surface area contributed by atoms with Gasteiger partial charge < -0.3 is 5.32 Å². The normalized spacial score (nSPS) is 14.9. The first-order valence-electron chi connectivity index (χ1n) is 5.38. The molecule has 1 rings (SSSR count). The van der Waals surface area contributed by atoms with Crippen LogP contribution in [0.5, 0.6) is 0 Å². The molecule has 0 radical (unpaired) electrons. The molecule has 2 unspecified atom stereocenters. The van der Waals surface area contributed by atoms with E-state index in [0.717, 1.165) is 11.6 Å². The third kappa shape index (κ3) is 5.14. The van der Waals surface area contributed by atoms with Crippen LogP contribution in [0.2, 0.25) is 0 Å². The molecule has 4 heteroatoms. The Hall–Kier alpha value is -0.610. The van der Waals surface area contributed by atoms with Gasteiger partial charge in [0.2, 0.25) is 0 Å². The van der Waals surface area contributed by atoms with E-state index in [0.29, 0.717) is 11.3 Å². The lowest BCUT2D eigenvalue weighted by atomic mass is 10.2. The molecule has 0 aromatic carbocycles. The number of thioether (sulfide) groups is 1. The quantitative estimate of drug-likeness (QED) is 0.596. The molecule has 1 heterocycles. The van der Waals surface area contributed by atoms with Crippen LogP contribution in [0, 0.1) is 0 Å². The molecule has 0 saturated heterocycles. The molecule has 84 valence electrons. The molecule has 0 fully saturated rings. The maximum absolute atomic E-state index is 4.19. The van der Waals surface area contributed by atoms with E-state index in [2.05, 4.69) is 36.1 Å². The number of rotatable bonds is 6. The van der Waals surface area contributed by atoms with Gasteiger partial charge in [-0.15, -0.1) is 11.8 Å².